The number of carbonyl (C=O) groups excluding carboxylic acids is 1. The molecule has 3 N–H and O–H groups in total. The molecule has 0 aliphatic carbocycles. The molecule has 5 nitrogen and oxygen atoms in total. The van der Waals surface area contributed by atoms with E-state index in [0.29, 0.717) is 27.9 Å². The third-order valence-electron chi connectivity index (χ3n) is 3.47. The first-order chi connectivity index (χ1) is 11.6. The Morgan fingerprint density at radius 2 is 1.88 bits per heavy atom. The van der Waals surface area contributed by atoms with Gasteiger partial charge in [0.25, 0.3) is 5.91 Å². The molecule has 0 spiro atoms. The van der Waals surface area contributed by atoms with Crippen molar-refractivity contribution in [2.24, 2.45) is 0 Å². The maximum atomic E-state index is 12.3. The Morgan fingerprint density at radius 3 is 2.54 bits per heavy atom. The monoisotopic (exact) mass is 342 g/mol. The van der Waals surface area contributed by atoms with Gasteiger partial charge < -0.3 is 20.2 Å². The van der Waals surface area contributed by atoms with E-state index in [1.807, 2.05) is 12.1 Å². The second-order valence-electron chi connectivity index (χ2n) is 5.08. The largest absolute Gasteiger partial charge is 0.497 e. The number of methoxy groups -OCH3 is 1. The Kier molecular flexibility index (Phi) is 4.44. The van der Waals surface area contributed by atoms with Gasteiger partial charge in [-0.3, -0.25) is 4.79 Å². The minimum absolute atomic E-state index is 0.190. The first-order valence-electron chi connectivity index (χ1n) is 7.17. The highest BCUT2D eigenvalue weighted by atomic mass is 35.5. The number of anilines is 2. The van der Waals surface area contributed by atoms with Crippen LogP contribution in [0.5, 0.6) is 5.75 Å². The molecule has 0 bridgehead atoms. The van der Waals surface area contributed by atoms with Crippen LogP contribution in [0.1, 0.15) is 10.6 Å². The summed E-state index contributed by atoms with van der Waals surface area (Å²) in [6.07, 6.45) is 0. The Morgan fingerprint density at radius 1 is 1.12 bits per heavy atom. The molecule has 0 atom stereocenters. The van der Waals surface area contributed by atoms with Gasteiger partial charge in [-0.1, -0.05) is 11.6 Å². The third kappa shape index (κ3) is 3.36. The molecule has 6 heteroatoms. The van der Waals surface area contributed by atoms with Gasteiger partial charge in [0, 0.05) is 16.7 Å². The SMILES string of the molecule is COc1ccc(NC(=O)c2ccc(-c3ccc(Cl)cc3)o2)c(N)c1. The zero-order valence-corrected chi connectivity index (χ0v) is 13.6. The van der Waals surface area contributed by atoms with Crippen molar-refractivity contribution in [2.45, 2.75) is 0 Å². The lowest BCUT2D eigenvalue weighted by Crippen LogP contribution is -2.12. The number of carbonyl (C=O) groups is 1. The van der Waals surface area contributed by atoms with Gasteiger partial charge in [-0.25, -0.2) is 0 Å². The minimum atomic E-state index is -0.382. The van der Waals surface area contributed by atoms with Gasteiger partial charge >= 0.3 is 0 Å². The highest BCUT2D eigenvalue weighted by Crippen LogP contribution is 2.27. The van der Waals surface area contributed by atoms with Crippen LogP contribution in [0.15, 0.2) is 59.0 Å². The van der Waals surface area contributed by atoms with Crippen LogP contribution >= 0.6 is 11.6 Å². The van der Waals surface area contributed by atoms with E-state index >= 15 is 0 Å². The van der Waals surface area contributed by atoms with E-state index in [2.05, 4.69) is 5.32 Å². The molecule has 3 rings (SSSR count). The molecular formula is C18H15ClN2O3. The maximum absolute atomic E-state index is 12.3. The third-order valence-corrected chi connectivity index (χ3v) is 3.72. The number of nitrogen functional groups attached to an aromatic ring is 1. The number of hydrogen-bond donors (Lipinski definition) is 2. The van der Waals surface area contributed by atoms with Gasteiger partial charge in [-0.15, -0.1) is 0 Å². The second-order valence-corrected chi connectivity index (χ2v) is 5.51. The van der Waals surface area contributed by atoms with Crippen LogP contribution in [0.25, 0.3) is 11.3 Å². The van der Waals surface area contributed by atoms with Crippen molar-refractivity contribution in [2.75, 3.05) is 18.2 Å². The average molecular weight is 343 g/mol. The highest BCUT2D eigenvalue weighted by Gasteiger charge is 2.14. The van der Waals surface area contributed by atoms with Crippen molar-refractivity contribution in [1.82, 2.24) is 0 Å². The van der Waals surface area contributed by atoms with Crippen molar-refractivity contribution in [3.8, 4) is 17.1 Å². The molecule has 0 aliphatic rings. The number of hydrogen-bond acceptors (Lipinski definition) is 4. The van der Waals surface area contributed by atoms with E-state index in [9.17, 15) is 4.79 Å². The Bertz CT molecular complexity index is 872. The maximum Gasteiger partial charge on any atom is 0.291 e. The zero-order chi connectivity index (χ0) is 17.1. The Hall–Kier alpha value is -2.92. The van der Waals surface area contributed by atoms with Crippen LogP contribution in [0.4, 0.5) is 11.4 Å². The van der Waals surface area contributed by atoms with E-state index in [0.717, 1.165) is 5.56 Å². The van der Waals surface area contributed by atoms with E-state index in [4.69, 9.17) is 26.5 Å². The summed E-state index contributed by atoms with van der Waals surface area (Å²) in [5.41, 5.74) is 7.63. The van der Waals surface area contributed by atoms with Gasteiger partial charge in [0.2, 0.25) is 0 Å². The number of ether oxygens (including phenoxy) is 1. The van der Waals surface area contributed by atoms with Gasteiger partial charge in [0.1, 0.15) is 11.5 Å². The Labute approximate surface area is 144 Å². The smallest absolute Gasteiger partial charge is 0.291 e. The van der Waals surface area contributed by atoms with Crippen molar-refractivity contribution < 1.29 is 13.9 Å². The molecular weight excluding hydrogens is 328 g/mol. The number of benzene rings is 2. The number of amides is 1. The molecule has 24 heavy (non-hydrogen) atoms. The standard InChI is InChI=1S/C18H15ClN2O3/c1-23-13-6-7-15(14(20)10-13)21-18(22)17-9-8-16(24-17)11-2-4-12(19)5-3-11/h2-10H,20H2,1H3,(H,21,22). The average Bonchev–Trinajstić information content (AvgIpc) is 3.07. The quantitative estimate of drug-likeness (QED) is 0.687. The number of furan rings is 1. The fourth-order valence-corrected chi connectivity index (χ4v) is 2.32. The van der Waals surface area contributed by atoms with Crippen molar-refractivity contribution in [3.63, 3.8) is 0 Å². The van der Waals surface area contributed by atoms with Crippen LogP contribution in [0.3, 0.4) is 0 Å². The molecule has 122 valence electrons. The molecule has 0 fully saturated rings. The van der Waals surface area contributed by atoms with Crippen LogP contribution in [-0.2, 0) is 0 Å². The van der Waals surface area contributed by atoms with E-state index < -0.39 is 0 Å². The molecule has 3 aromatic rings. The zero-order valence-electron chi connectivity index (χ0n) is 12.9. The summed E-state index contributed by atoms with van der Waals surface area (Å²) in [4.78, 5) is 12.3. The summed E-state index contributed by atoms with van der Waals surface area (Å²) in [6.45, 7) is 0. The number of rotatable bonds is 4. The van der Waals surface area contributed by atoms with E-state index in [1.165, 1.54) is 0 Å². The fourth-order valence-electron chi connectivity index (χ4n) is 2.19. The van der Waals surface area contributed by atoms with Gasteiger partial charge in [0.05, 0.1) is 18.5 Å². The molecule has 0 saturated heterocycles. The van der Waals surface area contributed by atoms with Gasteiger partial charge in [-0.05, 0) is 48.5 Å². The summed E-state index contributed by atoms with van der Waals surface area (Å²) in [5.74, 6) is 1.01. The van der Waals surface area contributed by atoms with Crippen molar-refractivity contribution >= 4 is 28.9 Å². The summed E-state index contributed by atoms with van der Waals surface area (Å²) in [5, 5.41) is 3.35. The lowest BCUT2D eigenvalue weighted by Gasteiger charge is -2.08. The first-order valence-corrected chi connectivity index (χ1v) is 7.55. The molecule has 2 aromatic carbocycles. The van der Waals surface area contributed by atoms with Crippen LogP contribution in [0, 0.1) is 0 Å². The van der Waals surface area contributed by atoms with Crippen molar-refractivity contribution in [1.29, 1.82) is 0 Å². The molecule has 0 saturated carbocycles. The summed E-state index contributed by atoms with van der Waals surface area (Å²) in [7, 11) is 1.55. The van der Waals surface area contributed by atoms with E-state index in [1.54, 1.807) is 49.6 Å². The van der Waals surface area contributed by atoms with Gasteiger partial charge in [0.15, 0.2) is 5.76 Å². The number of nitrogens with two attached hydrogens (primary N) is 1. The lowest BCUT2D eigenvalue weighted by molar-refractivity contribution is 0.0997. The predicted octanol–water partition coefficient (Wildman–Crippen LogP) is 4.44. The first kappa shape index (κ1) is 16.0. The normalized spacial score (nSPS) is 10.4. The van der Waals surface area contributed by atoms with Crippen LogP contribution in [0.2, 0.25) is 5.02 Å². The van der Waals surface area contributed by atoms with Crippen LogP contribution in [-0.4, -0.2) is 13.0 Å². The molecule has 1 amide bonds. The molecule has 0 radical (unpaired) electrons. The van der Waals surface area contributed by atoms with Crippen LogP contribution < -0.4 is 15.8 Å². The second kappa shape index (κ2) is 6.68. The van der Waals surface area contributed by atoms with Gasteiger partial charge in [-0.2, -0.15) is 0 Å². The minimum Gasteiger partial charge on any atom is -0.497 e. The molecule has 0 aliphatic heterocycles. The molecule has 0 unspecified atom stereocenters. The number of nitrogens with one attached hydrogen (secondary N) is 1. The Balaban J connectivity index is 1.77. The summed E-state index contributed by atoms with van der Waals surface area (Å²) < 4.78 is 10.7. The molecule has 1 aromatic heterocycles. The molecule has 1 heterocycles. The van der Waals surface area contributed by atoms with Crippen molar-refractivity contribution in [3.05, 3.63) is 65.4 Å². The fraction of sp³-hybridized carbons (Fsp3) is 0.0556. The van der Waals surface area contributed by atoms with E-state index in [-0.39, 0.29) is 11.7 Å². The highest BCUT2D eigenvalue weighted by molar-refractivity contribution is 6.30. The topological polar surface area (TPSA) is 77.5 Å². The summed E-state index contributed by atoms with van der Waals surface area (Å²) in [6, 6.07) is 15.5. The summed E-state index contributed by atoms with van der Waals surface area (Å²) >= 11 is 5.87. The predicted molar refractivity (Wildman–Crippen MR) is 94.5 cm³/mol. The lowest BCUT2D eigenvalue weighted by atomic mass is 10.2. The number of halogens is 1.